The summed E-state index contributed by atoms with van der Waals surface area (Å²) in [5.74, 6) is -2.42. The summed E-state index contributed by atoms with van der Waals surface area (Å²) >= 11 is 0. The fourth-order valence-electron chi connectivity index (χ4n) is 3.68. The van der Waals surface area contributed by atoms with E-state index in [9.17, 15) is 30.6 Å². The van der Waals surface area contributed by atoms with Gasteiger partial charge in [0.2, 0.25) is 5.79 Å². The van der Waals surface area contributed by atoms with Crippen LogP contribution in [0, 0.1) is 0 Å². The van der Waals surface area contributed by atoms with Gasteiger partial charge in [0.25, 0.3) is 0 Å². The normalized spacial score (nSPS) is 35.4. The fraction of sp³-hybridized carbons (Fsp3) is 0.647. The minimum absolute atomic E-state index is 0.0912. The van der Waals surface area contributed by atoms with E-state index in [0.717, 1.165) is 11.1 Å². The number of aromatic hydroxyl groups is 2. The molecule has 2 aliphatic heterocycles. The summed E-state index contributed by atoms with van der Waals surface area (Å²) in [6.45, 7) is 3.93. The molecule has 1 aromatic rings. The molecule has 0 aliphatic carbocycles. The van der Waals surface area contributed by atoms with Gasteiger partial charge in [-0.1, -0.05) is 0 Å². The van der Waals surface area contributed by atoms with Crippen molar-refractivity contribution < 1.29 is 35.4 Å². The van der Waals surface area contributed by atoms with Crippen LogP contribution in [0.5, 0.6) is 11.5 Å². The van der Waals surface area contributed by atoms with Crippen molar-refractivity contribution in [1.82, 2.24) is 4.90 Å². The molecule has 0 bridgehead atoms. The molecule has 0 unspecified atom stereocenters. The Bertz CT molecular complexity index is 665. The molecule has 0 radical (unpaired) electrons. The Kier molecular flexibility index (Phi) is 4.47. The van der Waals surface area contributed by atoms with E-state index in [0.29, 0.717) is 13.0 Å². The molecule has 140 valence electrons. The Balaban J connectivity index is 1.88. The zero-order valence-electron chi connectivity index (χ0n) is 14.3. The van der Waals surface area contributed by atoms with Gasteiger partial charge in [-0.05, 0) is 43.5 Å². The number of benzene rings is 1. The summed E-state index contributed by atoms with van der Waals surface area (Å²) in [6, 6.07) is 3.03. The molecular weight excluding hydrogens is 330 g/mol. The van der Waals surface area contributed by atoms with Crippen molar-refractivity contribution in [3.63, 3.8) is 0 Å². The summed E-state index contributed by atoms with van der Waals surface area (Å²) in [5, 5.41) is 59.8. The Morgan fingerprint density at radius 3 is 2.48 bits per heavy atom. The Morgan fingerprint density at radius 1 is 1.16 bits per heavy atom. The molecular formula is C17H25NO7. The van der Waals surface area contributed by atoms with Gasteiger partial charge in [0.05, 0.1) is 13.2 Å². The second kappa shape index (κ2) is 6.08. The third kappa shape index (κ3) is 2.99. The molecule has 1 aromatic carbocycles. The number of nitrogens with zero attached hydrogens (tertiary/aromatic N) is 1. The van der Waals surface area contributed by atoms with E-state index in [1.165, 1.54) is 12.1 Å². The van der Waals surface area contributed by atoms with Crippen LogP contribution in [0.1, 0.15) is 25.0 Å². The van der Waals surface area contributed by atoms with Crippen LogP contribution in [-0.4, -0.2) is 79.3 Å². The number of phenolic OH excluding ortho intramolecular Hbond substituents is 2. The number of phenols is 2. The highest BCUT2D eigenvalue weighted by Crippen LogP contribution is 2.41. The van der Waals surface area contributed by atoms with Crippen LogP contribution < -0.4 is 0 Å². The van der Waals surface area contributed by atoms with Crippen LogP contribution in [0.4, 0.5) is 0 Å². The first-order valence-electron chi connectivity index (χ1n) is 8.27. The number of aliphatic hydroxyl groups is 4. The number of ether oxygens (including phenoxy) is 1. The maximum Gasteiger partial charge on any atom is 0.207 e. The van der Waals surface area contributed by atoms with Crippen LogP contribution in [0.25, 0.3) is 0 Å². The maximum absolute atomic E-state index is 10.7. The van der Waals surface area contributed by atoms with Gasteiger partial charge in [0, 0.05) is 12.1 Å². The lowest BCUT2D eigenvalue weighted by Gasteiger charge is -2.49. The topological polar surface area (TPSA) is 134 Å². The molecule has 1 saturated heterocycles. The number of β-amino-alcohol motifs (C(OH)–C–C–N with tert-alkyl or cyclic N) is 1. The molecule has 25 heavy (non-hydrogen) atoms. The number of hydrogen-bond donors (Lipinski definition) is 6. The van der Waals surface area contributed by atoms with E-state index in [2.05, 4.69) is 0 Å². The van der Waals surface area contributed by atoms with E-state index in [-0.39, 0.29) is 24.7 Å². The Hall–Kier alpha value is -1.42. The molecule has 0 amide bonds. The van der Waals surface area contributed by atoms with E-state index >= 15 is 0 Å². The molecule has 3 rings (SSSR count). The Morgan fingerprint density at radius 2 is 1.80 bits per heavy atom. The highest BCUT2D eigenvalue weighted by atomic mass is 16.6. The summed E-state index contributed by atoms with van der Waals surface area (Å²) < 4.78 is 5.25. The molecule has 8 nitrogen and oxygen atoms in total. The largest absolute Gasteiger partial charge is 0.504 e. The van der Waals surface area contributed by atoms with Crippen LogP contribution in [0.2, 0.25) is 0 Å². The number of fused-ring (bicyclic) bond motifs is 1. The summed E-state index contributed by atoms with van der Waals surface area (Å²) in [4.78, 5) is 1.87. The van der Waals surface area contributed by atoms with Gasteiger partial charge < -0.3 is 35.4 Å². The highest BCUT2D eigenvalue weighted by molar-refractivity contribution is 5.49. The first-order valence-corrected chi connectivity index (χ1v) is 8.27. The lowest BCUT2D eigenvalue weighted by Crippen LogP contribution is -2.66. The van der Waals surface area contributed by atoms with Gasteiger partial charge in [-0.15, -0.1) is 0 Å². The first kappa shape index (κ1) is 18.4. The predicted octanol–water partition coefficient (Wildman–Crippen LogP) is -1.01. The Labute approximate surface area is 145 Å². The second-order valence-corrected chi connectivity index (χ2v) is 7.39. The average Bonchev–Trinajstić information content (AvgIpc) is 2.55. The van der Waals surface area contributed by atoms with Crippen molar-refractivity contribution in [2.75, 3.05) is 19.7 Å². The minimum Gasteiger partial charge on any atom is -0.504 e. The van der Waals surface area contributed by atoms with Crippen molar-refractivity contribution in [3.8, 4) is 11.5 Å². The smallest absolute Gasteiger partial charge is 0.207 e. The van der Waals surface area contributed by atoms with Gasteiger partial charge in [-0.3, -0.25) is 4.90 Å². The molecule has 6 N–H and O–H groups in total. The predicted molar refractivity (Wildman–Crippen MR) is 87.0 cm³/mol. The zero-order chi connectivity index (χ0) is 18.6. The molecule has 8 heteroatoms. The molecule has 4 atom stereocenters. The van der Waals surface area contributed by atoms with Crippen LogP contribution in [-0.2, 0) is 16.7 Å². The molecule has 2 aliphatic rings. The van der Waals surface area contributed by atoms with Gasteiger partial charge in [0.1, 0.15) is 18.3 Å². The van der Waals surface area contributed by atoms with Crippen LogP contribution in [0.3, 0.4) is 0 Å². The van der Waals surface area contributed by atoms with Gasteiger partial charge in [-0.2, -0.15) is 0 Å². The summed E-state index contributed by atoms with van der Waals surface area (Å²) in [5.41, 5.74) is 1.06. The third-order valence-electron chi connectivity index (χ3n) is 5.40. The van der Waals surface area contributed by atoms with Gasteiger partial charge in [0.15, 0.2) is 11.5 Å². The number of rotatable bonds is 2. The number of hydrogen-bond acceptors (Lipinski definition) is 8. The zero-order valence-corrected chi connectivity index (χ0v) is 14.3. The quantitative estimate of drug-likeness (QED) is 0.372. The van der Waals surface area contributed by atoms with Crippen molar-refractivity contribution >= 4 is 0 Å². The number of aliphatic hydroxyl groups excluding tert-OH is 3. The van der Waals surface area contributed by atoms with Crippen molar-refractivity contribution in [1.29, 1.82) is 0 Å². The lowest BCUT2D eigenvalue weighted by molar-refractivity contribution is -0.328. The fourth-order valence-corrected chi connectivity index (χ4v) is 3.68. The van der Waals surface area contributed by atoms with Crippen molar-refractivity contribution in [2.45, 2.75) is 49.9 Å². The van der Waals surface area contributed by atoms with E-state index in [4.69, 9.17) is 4.74 Å². The first-order chi connectivity index (χ1) is 11.6. The molecule has 0 spiro atoms. The van der Waals surface area contributed by atoms with Crippen LogP contribution in [0.15, 0.2) is 12.1 Å². The molecule has 0 aromatic heterocycles. The lowest BCUT2D eigenvalue weighted by atomic mass is 9.82. The summed E-state index contributed by atoms with van der Waals surface area (Å²) in [6.07, 6.45) is -3.84. The second-order valence-electron chi connectivity index (χ2n) is 7.39. The van der Waals surface area contributed by atoms with E-state index in [1.54, 1.807) is 0 Å². The molecule has 0 saturated carbocycles. The highest BCUT2D eigenvalue weighted by Gasteiger charge is 2.51. The SMILES string of the molecule is CC1(C)c2cc(O)c(O)cc2CCN1C[C@@]1(O)OC[C@@H](O)[C@@H](O)[C@@H]1O. The maximum atomic E-state index is 10.7. The van der Waals surface area contributed by atoms with E-state index in [1.807, 2.05) is 18.7 Å². The van der Waals surface area contributed by atoms with Gasteiger partial charge in [-0.25, -0.2) is 0 Å². The standard InChI is InChI=1S/C17H25NO7/c1-16(2)10-6-12(20)11(19)5-9(10)3-4-18(16)8-17(24)15(23)14(22)13(21)7-25-17/h5-6,13-15,19-24H,3-4,7-8H2,1-2H3/t13-,14-,15+,17-/m1/s1. The van der Waals surface area contributed by atoms with Crippen molar-refractivity contribution in [3.05, 3.63) is 23.3 Å². The summed E-state index contributed by atoms with van der Waals surface area (Å²) in [7, 11) is 0. The van der Waals surface area contributed by atoms with Crippen molar-refractivity contribution in [2.24, 2.45) is 0 Å². The third-order valence-corrected chi connectivity index (χ3v) is 5.40. The minimum atomic E-state index is -2.02. The monoisotopic (exact) mass is 355 g/mol. The average molecular weight is 355 g/mol. The molecule has 1 fully saturated rings. The van der Waals surface area contributed by atoms with Crippen LogP contribution >= 0.6 is 0 Å². The molecule has 2 heterocycles. The van der Waals surface area contributed by atoms with E-state index < -0.39 is 29.6 Å². The van der Waals surface area contributed by atoms with Gasteiger partial charge >= 0.3 is 0 Å².